The molecule has 0 N–H and O–H groups in total. The molecule has 0 aliphatic carbocycles. The van der Waals surface area contributed by atoms with Crippen LogP contribution in [0.3, 0.4) is 0 Å². The van der Waals surface area contributed by atoms with E-state index in [0.29, 0.717) is 0 Å². The van der Waals surface area contributed by atoms with E-state index in [4.69, 9.17) is 11.6 Å². The van der Waals surface area contributed by atoms with Crippen LogP contribution in [0.25, 0.3) is 0 Å². The van der Waals surface area contributed by atoms with E-state index >= 15 is 0 Å². The Morgan fingerprint density at radius 2 is 1.30 bits per heavy atom. The summed E-state index contributed by atoms with van der Waals surface area (Å²) in [4.78, 5) is 5.22. The molecule has 2 atom stereocenters. The van der Waals surface area contributed by atoms with Gasteiger partial charge in [-0.1, -0.05) is 54.1 Å². The zero-order valence-electron chi connectivity index (χ0n) is 13.4. The highest BCUT2D eigenvalue weighted by atomic mass is 35.5. The highest BCUT2D eigenvalue weighted by Gasteiger charge is 2.39. The van der Waals surface area contributed by atoms with Gasteiger partial charge in [0.1, 0.15) is 0 Å². The summed E-state index contributed by atoms with van der Waals surface area (Å²) >= 11 is 6.10. The highest BCUT2D eigenvalue weighted by Crippen LogP contribution is 2.32. The van der Waals surface area contributed by atoms with Crippen molar-refractivity contribution >= 4 is 11.6 Å². The van der Waals surface area contributed by atoms with E-state index in [1.54, 1.807) is 0 Å². The van der Waals surface area contributed by atoms with Crippen LogP contribution in [-0.2, 0) is 13.1 Å². The molecule has 0 saturated carbocycles. The number of hydrogen-bond acceptors (Lipinski definition) is 2. The van der Waals surface area contributed by atoms with Gasteiger partial charge in [0.25, 0.3) is 0 Å². The second-order valence-electron chi connectivity index (χ2n) is 7.02. The molecule has 3 heteroatoms. The second kappa shape index (κ2) is 6.64. The van der Waals surface area contributed by atoms with E-state index in [1.807, 2.05) is 6.07 Å². The van der Waals surface area contributed by atoms with Crippen molar-refractivity contribution in [2.45, 2.75) is 13.1 Å². The van der Waals surface area contributed by atoms with Crippen molar-refractivity contribution in [3.05, 3.63) is 70.7 Å². The van der Waals surface area contributed by atoms with E-state index in [2.05, 4.69) is 58.3 Å². The standard InChI is InChI=1S/C20H23ClN2/c21-20-8-4-7-17(9-20)11-23-14-18-12-22(13-19(18)15-23)10-16-5-2-1-3-6-16/h1-9,18-19H,10-15H2. The molecule has 0 spiro atoms. The van der Waals surface area contributed by atoms with Gasteiger partial charge in [-0.3, -0.25) is 9.80 Å². The average Bonchev–Trinajstić information content (AvgIpc) is 3.06. The van der Waals surface area contributed by atoms with Crippen molar-refractivity contribution in [3.8, 4) is 0 Å². The number of benzene rings is 2. The van der Waals surface area contributed by atoms with Crippen molar-refractivity contribution in [3.63, 3.8) is 0 Å². The molecular weight excluding hydrogens is 304 g/mol. The second-order valence-corrected chi connectivity index (χ2v) is 7.46. The Balaban J connectivity index is 1.31. The Kier molecular flexibility index (Phi) is 4.39. The molecule has 2 unspecified atom stereocenters. The zero-order chi connectivity index (χ0) is 15.6. The lowest BCUT2D eigenvalue weighted by Crippen LogP contribution is -2.28. The van der Waals surface area contributed by atoms with Gasteiger partial charge < -0.3 is 0 Å². The molecule has 2 nitrogen and oxygen atoms in total. The van der Waals surface area contributed by atoms with Crippen LogP contribution in [0.5, 0.6) is 0 Å². The van der Waals surface area contributed by atoms with Crippen molar-refractivity contribution in [1.82, 2.24) is 9.80 Å². The average molecular weight is 327 g/mol. The predicted molar refractivity (Wildman–Crippen MR) is 95.4 cm³/mol. The van der Waals surface area contributed by atoms with Gasteiger partial charge in [0, 0.05) is 44.3 Å². The van der Waals surface area contributed by atoms with Crippen LogP contribution in [0.4, 0.5) is 0 Å². The number of rotatable bonds is 4. The summed E-state index contributed by atoms with van der Waals surface area (Å²) in [5.41, 5.74) is 2.77. The molecule has 2 aliphatic heterocycles. The lowest BCUT2D eigenvalue weighted by Gasteiger charge is -2.21. The number of halogens is 1. The van der Waals surface area contributed by atoms with Gasteiger partial charge in [-0.25, -0.2) is 0 Å². The Labute approximate surface area is 143 Å². The first kappa shape index (κ1) is 15.2. The molecule has 23 heavy (non-hydrogen) atoms. The first-order chi connectivity index (χ1) is 11.3. The molecule has 120 valence electrons. The van der Waals surface area contributed by atoms with Crippen LogP contribution in [0.2, 0.25) is 5.02 Å². The zero-order valence-corrected chi connectivity index (χ0v) is 14.1. The molecule has 4 rings (SSSR count). The van der Waals surface area contributed by atoms with Crippen LogP contribution in [0.15, 0.2) is 54.6 Å². The molecule has 2 fully saturated rings. The van der Waals surface area contributed by atoms with Gasteiger partial charge >= 0.3 is 0 Å². The third-order valence-electron chi connectivity index (χ3n) is 5.18. The van der Waals surface area contributed by atoms with Gasteiger partial charge in [0.05, 0.1) is 0 Å². The minimum absolute atomic E-state index is 0.831. The minimum Gasteiger partial charge on any atom is -0.298 e. The maximum atomic E-state index is 6.10. The third-order valence-corrected chi connectivity index (χ3v) is 5.42. The van der Waals surface area contributed by atoms with Crippen LogP contribution >= 0.6 is 11.6 Å². The molecule has 2 aromatic carbocycles. The smallest absolute Gasteiger partial charge is 0.0409 e. The van der Waals surface area contributed by atoms with Crippen molar-refractivity contribution < 1.29 is 0 Å². The molecule has 2 heterocycles. The molecule has 0 bridgehead atoms. The van der Waals surface area contributed by atoms with Gasteiger partial charge in [0.15, 0.2) is 0 Å². The fourth-order valence-electron chi connectivity index (χ4n) is 4.18. The Morgan fingerprint density at radius 3 is 1.91 bits per heavy atom. The van der Waals surface area contributed by atoms with Gasteiger partial charge in [-0.05, 0) is 35.1 Å². The maximum absolute atomic E-state index is 6.10. The molecule has 2 aliphatic rings. The van der Waals surface area contributed by atoms with E-state index < -0.39 is 0 Å². The third kappa shape index (κ3) is 3.60. The van der Waals surface area contributed by atoms with E-state index in [-0.39, 0.29) is 0 Å². The van der Waals surface area contributed by atoms with Crippen molar-refractivity contribution in [2.75, 3.05) is 26.2 Å². The van der Waals surface area contributed by atoms with Crippen LogP contribution in [0.1, 0.15) is 11.1 Å². The molecular formula is C20H23ClN2. The Hall–Kier alpha value is -1.35. The SMILES string of the molecule is Clc1cccc(CN2CC3CN(Cc4ccccc4)CC3C2)c1. The first-order valence-corrected chi connectivity index (χ1v) is 8.87. The van der Waals surface area contributed by atoms with Gasteiger partial charge in [0.2, 0.25) is 0 Å². The lowest BCUT2D eigenvalue weighted by molar-refractivity contribution is 0.246. The largest absolute Gasteiger partial charge is 0.298 e. The fourth-order valence-corrected chi connectivity index (χ4v) is 4.39. The summed E-state index contributed by atoms with van der Waals surface area (Å²) in [6.45, 7) is 7.07. The monoisotopic (exact) mass is 326 g/mol. The van der Waals surface area contributed by atoms with Crippen molar-refractivity contribution in [1.29, 1.82) is 0 Å². The van der Waals surface area contributed by atoms with Gasteiger partial charge in [-0.2, -0.15) is 0 Å². The van der Waals surface area contributed by atoms with Crippen molar-refractivity contribution in [2.24, 2.45) is 11.8 Å². The molecule has 0 aromatic heterocycles. The topological polar surface area (TPSA) is 6.48 Å². The predicted octanol–water partition coefficient (Wildman–Crippen LogP) is 3.90. The summed E-state index contributed by atoms with van der Waals surface area (Å²) in [7, 11) is 0. The summed E-state index contributed by atoms with van der Waals surface area (Å²) in [6, 6.07) is 19.1. The Bertz CT molecular complexity index is 644. The molecule has 0 amide bonds. The highest BCUT2D eigenvalue weighted by molar-refractivity contribution is 6.30. The summed E-state index contributed by atoms with van der Waals surface area (Å²) in [5.74, 6) is 1.66. The van der Waals surface area contributed by atoms with Crippen LogP contribution < -0.4 is 0 Å². The maximum Gasteiger partial charge on any atom is 0.0409 e. The van der Waals surface area contributed by atoms with Crippen LogP contribution in [0, 0.1) is 11.8 Å². The summed E-state index contributed by atoms with van der Waals surface area (Å²) in [6.07, 6.45) is 0. The number of likely N-dealkylation sites (tertiary alicyclic amines) is 2. The molecule has 2 aromatic rings. The van der Waals surface area contributed by atoms with E-state index in [0.717, 1.165) is 29.9 Å². The normalized spacial score (nSPS) is 24.9. The lowest BCUT2D eigenvalue weighted by atomic mass is 10.0. The number of fused-ring (bicyclic) bond motifs is 1. The van der Waals surface area contributed by atoms with E-state index in [1.165, 1.54) is 37.3 Å². The number of hydrogen-bond donors (Lipinski definition) is 0. The molecule has 2 saturated heterocycles. The van der Waals surface area contributed by atoms with E-state index in [9.17, 15) is 0 Å². The van der Waals surface area contributed by atoms with Crippen LogP contribution in [-0.4, -0.2) is 36.0 Å². The van der Waals surface area contributed by atoms with Gasteiger partial charge in [-0.15, -0.1) is 0 Å². The fraction of sp³-hybridized carbons (Fsp3) is 0.400. The minimum atomic E-state index is 0.831. The quantitative estimate of drug-likeness (QED) is 0.840. The molecule has 0 radical (unpaired) electrons. The Morgan fingerprint density at radius 1 is 0.739 bits per heavy atom. The number of nitrogens with zero attached hydrogens (tertiary/aromatic N) is 2. The summed E-state index contributed by atoms with van der Waals surface area (Å²) < 4.78 is 0. The first-order valence-electron chi connectivity index (χ1n) is 8.49. The summed E-state index contributed by atoms with van der Waals surface area (Å²) in [5, 5.41) is 0.843.